The number of allylic oxidation sites excluding steroid dienone is 4. The van der Waals surface area contributed by atoms with E-state index >= 15 is 0 Å². The van der Waals surface area contributed by atoms with Gasteiger partial charge in [-0.25, -0.2) is 5.43 Å². The Kier molecular flexibility index (Phi) is 6.52. The molecule has 0 radical (unpaired) electrons. The number of benzene rings is 1. The summed E-state index contributed by atoms with van der Waals surface area (Å²) in [6, 6.07) is 6.06. The molecule has 0 saturated heterocycles. The van der Waals surface area contributed by atoms with Crippen LogP contribution in [0.2, 0.25) is 0 Å². The fraction of sp³-hybridized carbons (Fsp3) is 0.429. The molecule has 1 aromatic carbocycles. The second-order valence-electron chi connectivity index (χ2n) is 7.11. The maximum Gasteiger partial charge on any atom is 0.269 e. The van der Waals surface area contributed by atoms with Crippen LogP contribution in [0.4, 0.5) is 5.69 Å². The van der Waals surface area contributed by atoms with Gasteiger partial charge in [0.15, 0.2) is 0 Å². The van der Waals surface area contributed by atoms with Crippen LogP contribution >= 0.6 is 0 Å². The van der Waals surface area contributed by atoms with Crippen molar-refractivity contribution in [1.29, 1.82) is 0 Å². The van der Waals surface area contributed by atoms with Gasteiger partial charge in [0, 0.05) is 18.1 Å². The largest absolute Gasteiger partial charge is 0.273 e. The molecule has 6 nitrogen and oxygen atoms in total. The number of nitro groups is 1. The Balaban J connectivity index is 1.53. The summed E-state index contributed by atoms with van der Waals surface area (Å²) in [4.78, 5) is 22.7. The highest BCUT2D eigenvalue weighted by molar-refractivity contribution is 5.85. The second kappa shape index (κ2) is 9.26. The van der Waals surface area contributed by atoms with E-state index in [1.54, 1.807) is 12.1 Å². The third kappa shape index (κ3) is 5.36. The molecule has 3 rings (SSSR count). The van der Waals surface area contributed by atoms with Gasteiger partial charge in [-0.15, -0.1) is 0 Å². The number of fused-ring (bicyclic) bond motifs is 1. The first-order valence-corrected chi connectivity index (χ1v) is 9.54. The summed E-state index contributed by atoms with van der Waals surface area (Å²) in [5.74, 6) is 0.904. The van der Waals surface area contributed by atoms with E-state index in [0.717, 1.165) is 38.5 Å². The predicted octanol–water partition coefficient (Wildman–Crippen LogP) is 4.37. The van der Waals surface area contributed by atoms with Gasteiger partial charge in [-0.05, 0) is 68.1 Å². The molecule has 1 fully saturated rings. The van der Waals surface area contributed by atoms with Crippen molar-refractivity contribution >= 4 is 17.8 Å². The minimum absolute atomic E-state index is 0.0222. The minimum atomic E-state index is -0.443. The molecule has 0 aromatic heterocycles. The van der Waals surface area contributed by atoms with Gasteiger partial charge in [0.1, 0.15) is 0 Å². The van der Waals surface area contributed by atoms with Gasteiger partial charge in [-0.3, -0.25) is 14.9 Å². The van der Waals surface area contributed by atoms with Crippen molar-refractivity contribution in [3.05, 3.63) is 64.2 Å². The summed E-state index contributed by atoms with van der Waals surface area (Å²) in [5, 5.41) is 14.7. The van der Waals surface area contributed by atoms with Gasteiger partial charge in [-0.1, -0.05) is 24.3 Å². The third-order valence-electron chi connectivity index (χ3n) is 5.29. The zero-order chi connectivity index (χ0) is 19.1. The molecule has 6 heteroatoms. The average Bonchev–Trinajstić information content (AvgIpc) is 3.34. The molecule has 0 bridgehead atoms. The molecule has 142 valence electrons. The molecule has 1 N–H and O–H groups in total. The van der Waals surface area contributed by atoms with Crippen molar-refractivity contribution < 1.29 is 9.72 Å². The quantitative estimate of drug-likeness (QED) is 0.371. The summed E-state index contributed by atoms with van der Waals surface area (Å²) < 4.78 is 0. The van der Waals surface area contributed by atoms with Crippen molar-refractivity contribution in [2.24, 2.45) is 22.9 Å². The van der Waals surface area contributed by atoms with Crippen LogP contribution in [0.15, 0.2) is 53.7 Å². The smallest absolute Gasteiger partial charge is 0.269 e. The van der Waals surface area contributed by atoms with Crippen LogP contribution in [0.3, 0.4) is 0 Å². The van der Waals surface area contributed by atoms with Gasteiger partial charge in [0.25, 0.3) is 5.69 Å². The topological polar surface area (TPSA) is 84.6 Å². The van der Waals surface area contributed by atoms with E-state index < -0.39 is 4.92 Å². The van der Waals surface area contributed by atoms with Crippen LogP contribution in [-0.4, -0.2) is 17.0 Å². The van der Waals surface area contributed by atoms with E-state index in [-0.39, 0.29) is 17.5 Å². The number of hydrogen-bond acceptors (Lipinski definition) is 4. The zero-order valence-electron chi connectivity index (χ0n) is 15.3. The fourth-order valence-corrected chi connectivity index (χ4v) is 3.79. The summed E-state index contributed by atoms with van der Waals surface area (Å²) >= 11 is 0. The standard InChI is InChI=1S/C21H25N3O3/c25-21(23-22-15-16-11-13-17(14-12-16)24(26)27)20-18-9-7-5-3-1-2-4-6-8-10-19(18)20/h3-6,11-15,18-20H,1-2,7-10H2,(H,23,25)/b5-3-,6-4+,22-15-/t18-,19+,20?/m0/s1. The number of rotatable bonds is 4. The van der Waals surface area contributed by atoms with Crippen LogP contribution in [0.5, 0.6) is 0 Å². The summed E-state index contributed by atoms with van der Waals surface area (Å²) in [6.07, 6.45) is 16.8. The minimum Gasteiger partial charge on any atom is -0.273 e. The first-order chi connectivity index (χ1) is 13.2. The molecule has 0 spiro atoms. The molecule has 1 saturated carbocycles. The molecule has 2 aliphatic rings. The van der Waals surface area contributed by atoms with Gasteiger partial charge in [-0.2, -0.15) is 5.10 Å². The Morgan fingerprint density at radius 3 is 2.11 bits per heavy atom. The van der Waals surface area contributed by atoms with Crippen LogP contribution in [0, 0.1) is 27.9 Å². The number of carbonyl (C=O) groups excluding carboxylic acids is 1. The molecule has 1 amide bonds. The maximum atomic E-state index is 12.5. The molecule has 27 heavy (non-hydrogen) atoms. The number of non-ortho nitro benzene ring substituents is 1. The SMILES string of the molecule is O=C(N/N=C\c1ccc([N+](=O)[O-])cc1)C1[C@H]2CC/C=C\CC/C=C/CC[C@@H]12. The molecular formula is C21H25N3O3. The number of hydrogen-bond donors (Lipinski definition) is 1. The Morgan fingerprint density at radius 1 is 1.00 bits per heavy atom. The monoisotopic (exact) mass is 367 g/mol. The first kappa shape index (κ1) is 19.0. The number of hydrazone groups is 1. The normalized spacial score (nSPS) is 27.6. The lowest BCUT2D eigenvalue weighted by molar-refractivity contribution is -0.384. The number of amides is 1. The Labute approximate surface area is 159 Å². The highest BCUT2D eigenvalue weighted by atomic mass is 16.6. The lowest BCUT2D eigenvalue weighted by atomic mass is 10.1. The number of nitrogens with zero attached hydrogens (tertiary/aromatic N) is 2. The first-order valence-electron chi connectivity index (χ1n) is 9.54. The molecule has 0 aliphatic heterocycles. The van der Waals surface area contributed by atoms with Crippen LogP contribution in [0.1, 0.15) is 44.1 Å². The molecule has 1 unspecified atom stereocenters. The van der Waals surface area contributed by atoms with Crippen molar-refractivity contribution in [1.82, 2.24) is 5.43 Å². The highest BCUT2D eigenvalue weighted by Gasteiger charge is 2.52. The molecule has 3 atom stereocenters. The Hall–Kier alpha value is -2.76. The second-order valence-corrected chi connectivity index (χ2v) is 7.11. The maximum absolute atomic E-state index is 12.5. The summed E-state index contributed by atoms with van der Waals surface area (Å²) in [7, 11) is 0. The molecular weight excluding hydrogens is 342 g/mol. The third-order valence-corrected chi connectivity index (χ3v) is 5.29. The van der Waals surface area contributed by atoms with E-state index in [9.17, 15) is 14.9 Å². The van der Waals surface area contributed by atoms with Crippen molar-refractivity contribution in [2.75, 3.05) is 0 Å². The van der Waals surface area contributed by atoms with Crippen molar-refractivity contribution in [3.8, 4) is 0 Å². The number of carbonyl (C=O) groups is 1. The van der Waals surface area contributed by atoms with Gasteiger partial charge >= 0.3 is 0 Å². The van der Waals surface area contributed by atoms with E-state index in [1.807, 2.05) is 0 Å². The Morgan fingerprint density at radius 2 is 1.56 bits per heavy atom. The predicted molar refractivity (Wildman–Crippen MR) is 105 cm³/mol. The zero-order valence-corrected chi connectivity index (χ0v) is 15.3. The lowest BCUT2D eigenvalue weighted by Gasteiger charge is -1.99. The van der Waals surface area contributed by atoms with Crippen LogP contribution in [-0.2, 0) is 4.79 Å². The van der Waals surface area contributed by atoms with E-state index in [0.29, 0.717) is 17.4 Å². The van der Waals surface area contributed by atoms with Gasteiger partial charge in [0.05, 0.1) is 11.1 Å². The highest BCUT2D eigenvalue weighted by Crippen LogP contribution is 2.52. The summed E-state index contributed by atoms with van der Waals surface area (Å²) in [5.41, 5.74) is 3.39. The van der Waals surface area contributed by atoms with E-state index in [1.165, 1.54) is 18.3 Å². The number of nitro benzene ring substituents is 1. The van der Waals surface area contributed by atoms with Gasteiger partial charge in [0.2, 0.25) is 5.91 Å². The van der Waals surface area contributed by atoms with Crippen molar-refractivity contribution in [2.45, 2.75) is 38.5 Å². The van der Waals surface area contributed by atoms with Crippen LogP contribution in [0.25, 0.3) is 0 Å². The fourth-order valence-electron chi connectivity index (χ4n) is 3.79. The van der Waals surface area contributed by atoms with E-state index in [2.05, 4.69) is 34.8 Å². The van der Waals surface area contributed by atoms with Crippen LogP contribution < -0.4 is 5.43 Å². The van der Waals surface area contributed by atoms with E-state index in [4.69, 9.17) is 0 Å². The number of nitrogens with one attached hydrogen (secondary N) is 1. The van der Waals surface area contributed by atoms with Crippen molar-refractivity contribution in [3.63, 3.8) is 0 Å². The summed E-state index contributed by atoms with van der Waals surface area (Å²) in [6.45, 7) is 0. The van der Waals surface area contributed by atoms with Gasteiger partial charge < -0.3 is 0 Å². The molecule has 2 aliphatic carbocycles. The average molecular weight is 367 g/mol. The molecule has 1 aromatic rings. The lowest BCUT2D eigenvalue weighted by Crippen LogP contribution is -2.21. The Bertz CT molecular complexity index is 728. The molecule has 0 heterocycles.